The topological polar surface area (TPSA) is 60.7 Å². The lowest BCUT2D eigenvalue weighted by atomic mass is 10.0. The van der Waals surface area contributed by atoms with E-state index in [9.17, 15) is 4.79 Å². The van der Waals surface area contributed by atoms with Crippen molar-refractivity contribution in [3.8, 4) is 11.5 Å². The number of furan rings is 1. The van der Waals surface area contributed by atoms with Crippen LogP contribution in [0.2, 0.25) is 0 Å². The van der Waals surface area contributed by atoms with E-state index in [0.717, 1.165) is 16.5 Å². The highest BCUT2D eigenvalue weighted by Gasteiger charge is 2.19. The fraction of sp³-hybridized carbons (Fsp3) is 0.0938. The summed E-state index contributed by atoms with van der Waals surface area (Å²) in [6.07, 6.45) is 1.22. The molecule has 0 atom stereocenters. The maximum absolute atomic E-state index is 12.6. The van der Waals surface area contributed by atoms with Crippen LogP contribution in [-0.2, 0) is 4.79 Å². The number of benzene rings is 4. The molecule has 1 aromatic heterocycles. The molecular formula is C32H27NO4. The minimum Gasteiger partial charge on any atom is -0.497 e. The number of carbonyl (C=O) groups excluding carboxylic acids is 1. The highest BCUT2D eigenvalue weighted by atomic mass is 16.5. The van der Waals surface area contributed by atoms with Gasteiger partial charge in [0.1, 0.15) is 17.6 Å². The summed E-state index contributed by atoms with van der Waals surface area (Å²) in [5.74, 6) is 1.65. The minimum atomic E-state index is -0.299. The molecule has 37 heavy (non-hydrogen) atoms. The summed E-state index contributed by atoms with van der Waals surface area (Å²) in [7, 11) is 1.59. The van der Waals surface area contributed by atoms with E-state index in [-0.39, 0.29) is 12.0 Å². The van der Waals surface area contributed by atoms with Crippen LogP contribution in [0.3, 0.4) is 0 Å². The molecule has 1 heterocycles. The molecule has 5 heteroatoms. The summed E-state index contributed by atoms with van der Waals surface area (Å²) in [6.45, 7) is 1.85. The van der Waals surface area contributed by atoms with Crippen LogP contribution in [0.15, 0.2) is 120 Å². The van der Waals surface area contributed by atoms with E-state index in [2.05, 4.69) is 29.6 Å². The first-order valence-electron chi connectivity index (χ1n) is 12.0. The van der Waals surface area contributed by atoms with Gasteiger partial charge in [0, 0.05) is 23.2 Å². The second-order valence-electron chi connectivity index (χ2n) is 8.65. The molecule has 0 fully saturated rings. The van der Waals surface area contributed by atoms with Crippen molar-refractivity contribution in [3.05, 3.63) is 132 Å². The lowest BCUT2D eigenvalue weighted by molar-refractivity contribution is -0.111. The number of ether oxygens (including phenoxy) is 2. The van der Waals surface area contributed by atoms with Crippen LogP contribution in [-0.4, -0.2) is 13.0 Å². The van der Waals surface area contributed by atoms with Gasteiger partial charge < -0.3 is 19.2 Å². The second-order valence-corrected chi connectivity index (χ2v) is 8.65. The first-order chi connectivity index (χ1) is 18.1. The van der Waals surface area contributed by atoms with Gasteiger partial charge in [-0.05, 0) is 47.9 Å². The molecule has 184 valence electrons. The van der Waals surface area contributed by atoms with E-state index in [1.807, 2.05) is 85.8 Å². The van der Waals surface area contributed by atoms with E-state index in [0.29, 0.717) is 34.1 Å². The van der Waals surface area contributed by atoms with Gasteiger partial charge in [-0.15, -0.1) is 0 Å². The van der Waals surface area contributed by atoms with Crippen LogP contribution in [0.25, 0.3) is 16.5 Å². The van der Waals surface area contributed by atoms with Crippen molar-refractivity contribution in [1.82, 2.24) is 0 Å². The third kappa shape index (κ3) is 5.57. The van der Waals surface area contributed by atoms with Crippen molar-refractivity contribution in [1.29, 1.82) is 0 Å². The highest BCUT2D eigenvalue weighted by Crippen LogP contribution is 2.36. The largest absolute Gasteiger partial charge is 0.497 e. The third-order valence-electron chi connectivity index (χ3n) is 6.03. The molecule has 0 aliphatic rings. The first kappa shape index (κ1) is 23.9. The predicted octanol–water partition coefficient (Wildman–Crippen LogP) is 7.65. The average molecular weight is 490 g/mol. The lowest BCUT2D eigenvalue weighted by Gasteiger charge is -2.20. The molecule has 5 rings (SSSR count). The Bertz CT molecular complexity index is 1500. The standard InChI is InChI=1S/C32H27NO4/c1-22(19-30(34)33-26-16-10-17-27(21-26)35-2)29-20-25-15-9-18-28(32(25)37-29)36-31(23-11-5-3-6-12-23)24-13-7-4-8-14-24/h3-21,31H,1-2H3,(H,33,34)/b22-19-. The van der Waals surface area contributed by atoms with Gasteiger partial charge in [0.25, 0.3) is 0 Å². The number of fused-ring (bicyclic) bond motifs is 1. The van der Waals surface area contributed by atoms with Crippen molar-refractivity contribution < 1.29 is 18.7 Å². The second kappa shape index (κ2) is 10.9. The van der Waals surface area contributed by atoms with E-state index in [1.165, 1.54) is 6.08 Å². The summed E-state index contributed by atoms with van der Waals surface area (Å²) in [6, 6.07) is 35.2. The molecule has 0 aliphatic carbocycles. The molecule has 0 saturated heterocycles. The molecule has 0 radical (unpaired) electrons. The zero-order chi connectivity index (χ0) is 25.6. The van der Waals surface area contributed by atoms with Crippen LogP contribution >= 0.6 is 0 Å². The van der Waals surface area contributed by atoms with Gasteiger partial charge in [-0.1, -0.05) is 78.9 Å². The number of carbonyl (C=O) groups is 1. The Morgan fingerprint density at radius 2 is 1.51 bits per heavy atom. The SMILES string of the molecule is COc1cccc(NC(=O)/C=C(/C)c2cc3cccc(OC(c4ccccc4)c4ccccc4)c3o2)c1. The van der Waals surface area contributed by atoms with E-state index < -0.39 is 0 Å². The van der Waals surface area contributed by atoms with Crippen LogP contribution in [0.4, 0.5) is 5.69 Å². The molecule has 1 amide bonds. The van der Waals surface area contributed by atoms with Crippen LogP contribution in [0, 0.1) is 0 Å². The molecule has 5 nitrogen and oxygen atoms in total. The van der Waals surface area contributed by atoms with Gasteiger partial charge >= 0.3 is 0 Å². The summed E-state index contributed by atoms with van der Waals surface area (Å²) in [5.41, 5.74) is 4.08. The molecule has 1 N–H and O–H groups in total. The predicted molar refractivity (Wildman–Crippen MR) is 147 cm³/mol. The number of para-hydroxylation sites is 1. The van der Waals surface area contributed by atoms with Crippen LogP contribution < -0.4 is 14.8 Å². The number of methoxy groups -OCH3 is 1. The van der Waals surface area contributed by atoms with Gasteiger partial charge in [-0.3, -0.25) is 4.79 Å². The Balaban J connectivity index is 1.42. The first-order valence-corrected chi connectivity index (χ1v) is 12.0. The number of hydrogen-bond acceptors (Lipinski definition) is 4. The number of rotatable bonds is 8. The van der Waals surface area contributed by atoms with Gasteiger partial charge in [-0.25, -0.2) is 0 Å². The van der Waals surface area contributed by atoms with E-state index in [4.69, 9.17) is 13.9 Å². The zero-order valence-corrected chi connectivity index (χ0v) is 20.7. The molecule has 0 aliphatic heterocycles. The fourth-order valence-electron chi connectivity index (χ4n) is 4.18. The van der Waals surface area contributed by atoms with Gasteiger partial charge in [-0.2, -0.15) is 0 Å². The van der Waals surface area contributed by atoms with Crippen molar-refractivity contribution in [2.24, 2.45) is 0 Å². The van der Waals surface area contributed by atoms with Crippen molar-refractivity contribution >= 4 is 28.1 Å². The maximum atomic E-state index is 12.6. The quantitative estimate of drug-likeness (QED) is 0.227. The Hall–Kier alpha value is -4.77. The molecule has 0 unspecified atom stereocenters. The number of nitrogens with one attached hydrogen (secondary N) is 1. The summed E-state index contributed by atoms with van der Waals surface area (Å²) >= 11 is 0. The Labute approximate surface area is 216 Å². The third-order valence-corrected chi connectivity index (χ3v) is 6.03. The molecule has 4 aromatic carbocycles. The smallest absolute Gasteiger partial charge is 0.248 e. The molecule has 5 aromatic rings. The normalized spacial score (nSPS) is 11.5. The van der Waals surface area contributed by atoms with Crippen LogP contribution in [0.1, 0.15) is 29.9 Å². The lowest BCUT2D eigenvalue weighted by Crippen LogP contribution is -2.09. The maximum Gasteiger partial charge on any atom is 0.248 e. The van der Waals surface area contributed by atoms with Crippen molar-refractivity contribution in [3.63, 3.8) is 0 Å². The average Bonchev–Trinajstić information content (AvgIpc) is 3.38. The Morgan fingerprint density at radius 1 is 0.838 bits per heavy atom. The van der Waals surface area contributed by atoms with E-state index >= 15 is 0 Å². The zero-order valence-electron chi connectivity index (χ0n) is 20.7. The number of hydrogen-bond donors (Lipinski definition) is 1. The highest BCUT2D eigenvalue weighted by molar-refractivity contribution is 6.04. The van der Waals surface area contributed by atoms with Crippen molar-refractivity contribution in [2.75, 3.05) is 12.4 Å². The Morgan fingerprint density at radius 3 is 2.19 bits per heavy atom. The number of anilines is 1. The number of allylic oxidation sites excluding steroid dienone is 1. The fourth-order valence-corrected chi connectivity index (χ4v) is 4.18. The monoisotopic (exact) mass is 489 g/mol. The summed E-state index contributed by atoms with van der Waals surface area (Å²) in [4.78, 5) is 12.6. The molecule has 0 spiro atoms. The van der Waals surface area contributed by atoms with Crippen LogP contribution in [0.5, 0.6) is 11.5 Å². The summed E-state index contributed by atoms with van der Waals surface area (Å²) in [5, 5.41) is 3.76. The van der Waals surface area contributed by atoms with Gasteiger partial charge in [0.2, 0.25) is 5.91 Å². The van der Waals surface area contributed by atoms with E-state index in [1.54, 1.807) is 13.2 Å². The van der Waals surface area contributed by atoms with Crippen molar-refractivity contribution in [2.45, 2.75) is 13.0 Å². The summed E-state index contributed by atoms with van der Waals surface area (Å²) < 4.78 is 18.0. The number of amides is 1. The van der Waals surface area contributed by atoms with Gasteiger partial charge in [0.15, 0.2) is 11.3 Å². The molecule has 0 saturated carbocycles. The molecular weight excluding hydrogens is 462 g/mol. The Kier molecular flexibility index (Phi) is 7.04. The molecule has 0 bridgehead atoms. The minimum absolute atomic E-state index is 0.254. The van der Waals surface area contributed by atoms with Gasteiger partial charge in [0.05, 0.1) is 7.11 Å².